The van der Waals surface area contributed by atoms with Crippen molar-refractivity contribution in [3.8, 4) is 11.5 Å². The number of hydrogen-bond donors (Lipinski definition) is 1. The number of hydrogen-bond acceptors (Lipinski definition) is 4. The third-order valence-electron chi connectivity index (χ3n) is 2.46. The summed E-state index contributed by atoms with van der Waals surface area (Å²) >= 11 is 9.60. The molecule has 2 aromatic rings. The number of pyridine rings is 1. The lowest BCUT2D eigenvalue weighted by Gasteiger charge is -2.10. The summed E-state index contributed by atoms with van der Waals surface area (Å²) in [6.45, 7) is 2.04. The van der Waals surface area contributed by atoms with Crippen LogP contribution in [0.15, 0.2) is 22.8 Å². The smallest absolute Gasteiger partial charge is 0.182 e. The van der Waals surface area contributed by atoms with Crippen LogP contribution in [0.5, 0.6) is 0 Å². The van der Waals surface area contributed by atoms with Crippen LogP contribution >= 0.6 is 27.5 Å². The first-order valence-corrected chi connectivity index (χ1v) is 6.69. The monoisotopic (exact) mass is 326 g/mol. The second kappa shape index (κ2) is 5.63. The highest BCUT2D eigenvalue weighted by atomic mass is 79.9. The fourth-order valence-corrected chi connectivity index (χ4v) is 2.41. The van der Waals surface area contributed by atoms with Crippen LogP contribution in [0.2, 0.25) is 5.02 Å². The van der Waals surface area contributed by atoms with E-state index < -0.39 is 0 Å². The summed E-state index contributed by atoms with van der Waals surface area (Å²) in [5, 5.41) is 3.58. The first kappa shape index (κ1) is 13.2. The van der Waals surface area contributed by atoms with Crippen molar-refractivity contribution >= 4 is 33.3 Å². The molecule has 4 nitrogen and oxygen atoms in total. The van der Waals surface area contributed by atoms with Crippen LogP contribution in [-0.2, 0) is 6.42 Å². The van der Waals surface area contributed by atoms with E-state index >= 15 is 0 Å². The van der Waals surface area contributed by atoms with Crippen LogP contribution in [0.4, 0.5) is 5.82 Å². The third-order valence-corrected chi connectivity index (χ3v) is 3.60. The molecule has 0 aliphatic carbocycles. The molecule has 0 radical (unpaired) electrons. The van der Waals surface area contributed by atoms with Crippen molar-refractivity contribution in [2.75, 3.05) is 12.4 Å². The number of aromatic nitrogens is 3. The molecule has 0 atom stereocenters. The Morgan fingerprint density at radius 1 is 1.39 bits per heavy atom. The van der Waals surface area contributed by atoms with Gasteiger partial charge in [0.1, 0.15) is 11.5 Å². The van der Waals surface area contributed by atoms with E-state index in [1.54, 1.807) is 18.3 Å². The van der Waals surface area contributed by atoms with Crippen molar-refractivity contribution < 1.29 is 0 Å². The molecule has 0 aromatic carbocycles. The van der Waals surface area contributed by atoms with Crippen molar-refractivity contribution in [1.82, 2.24) is 15.0 Å². The van der Waals surface area contributed by atoms with Crippen molar-refractivity contribution in [2.45, 2.75) is 13.3 Å². The first-order chi connectivity index (χ1) is 8.67. The molecule has 0 bridgehead atoms. The molecule has 18 heavy (non-hydrogen) atoms. The summed E-state index contributed by atoms with van der Waals surface area (Å²) in [7, 11) is 1.82. The molecule has 2 heterocycles. The van der Waals surface area contributed by atoms with Crippen LogP contribution in [0.25, 0.3) is 11.5 Å². The van der Waals surface area contributed by atoms with E-state index in [9.17, 15) is 0 Å². The van der Waals surface area contributed by atoms with Gasteiger partial charge in [0.2, 0.25) is 0 Å². The Bertz CT molecular complexity index is 549. The Labute approximate surface area is 119 Å². The lowest BCUT2D eigenvalue weighted by atomic mass is 10.3. The van der Waals surface area contributed by atoms with Crippen LogP contribution in [0, 0.1) is 0 Å². The highest BCUT2D eigenvalue weighted by Gasteiger charge is 2.14. The maximum absolute atomic E-state index is 6.11. The molecule has 0 aliphatic heterocycles. The van der Waals surface area contributed by atoms with Gasteiger partial charge in [0.05, 0.1) is 15.2 Å². The molecule has 0 spiro atoms. The Morgan fingerprint density at radius 3 is 2.78 bits per heavy atom. The first-order valence-electron chi connectivity index (χ1n) is 5.52. The van der Waals surface area contributed by atoms with Gasteiger partial charge in [0.15, 0.2) is 5.82 Å². The van der Waals surface area contributed by atoms with Crippen molar-refractivity contribution in [3.05, 3.63) is 33.5 Å². The van der Waals surface area contributed by atoms with Gasteiger partial charge >= 0.3 is 0 Å². The molecule has 94 valence electrons. The molecule has 2 rings (SSSR count). The molecule has 0 saturated heterocycles. The molecule has 1 N–H and O–H groups in total. The Hall–Kier alpha value is -1.20. The molecule has 6 heteroatoms. The molecule has 0 aliphatic rings. The summed E-state index contributed by atoms with van der Waals surface area (Å²) in [6, 6.07) is 3.56. The second-order valence-corrected chi connectivity index (χ2v) is 4.79. The van der Waals surface area contributed by atoms with Crippen molar-refractivity contribution in [1.29, 1.82) is 0 Å². The second-order valence-electron chi connectivity index (χ2n) is 3.59. The predicted octanol–water partition coefficient (Wildman–Crippen LogP) is 3.56. The van der Waals surface area contributed by atoms with Gasteiger partial charge in [-0.2, -0.15) is 0 Å². The SMILES string of the molecule is CCc1nc(-c2ncccc2Cl)nc(NC)c1Br. The lowest BCUT2D eigenvalue weighted by Crippen LogP contribution is -2.03. The molecular weight excluding hydrogens is 316 g/mol. The Balaban J connectivity index is 2.62. The highest BCUT2D eigenvalue weighted by Crippen LogP contribution is 2.29. The quantitative estimate of drug-likeness (QED) is 0.936. The molecule has 0 saturated carbocycles. The van der Waals surface area contributed by atoms with Crippen molar-refractivity contribution in [2.24, 2.45) is 0 Å². The minimum Gasteiger partial charge on any atom is -0.372 e. The topological polar surface area (TPSA) is 50.7 Å². The van der Waals surface area contributed by atoms with Gasteiger partial charge in [0.25, 0.3) is 0 Å². The molecule has 2 aromatic heterocycles. The Kier molecular flexibility index (Phi) is 4.14. The number of rotatable bonds is 3. The van der Waals surface area contributed by atoms with Crippen LogP contribution in [0.3, 0.4) is 0 Å². The van der Waals surface area contributed by atoms with Crippen LogP contribution in [-0.4, -0.2) is 22.0 Å². The van der Waals surface area contributed by atoms with Gasteiger partial charge in [0, 0.05) is 13.2 Å². The van der Waals surface area contributed by atoms with E-state index in [0.29, 0.717) is 16.5 Å². The number of nitrogens with one attached hydrogen (secondary N) is 1. The van der Waals surface area contributed by atoms with Gasteiger partial charge < -0.3 is 5.32 Å². The zero-order valence-corrected chi connectivity index (χ0v) is 12.4. The molecule has 0 amide bonds. The minimum atomic E-state index is 0.532. The average Bonchev–Trinajstić information content (AvgIpc) is 2.40. The van der Waals surface area contributed by atoms with Gasteiger partial charge in [-0.25, -0.2) is 9.97 Å². The summed E-state index contributed by atoms with van der Waals surface area (Å²) in [5.41, 5.74) is 1.52. The summed E-state index contributed by atoms with van der Waals surface area (Å²) < 4.78 is 0.878. The molecular formula is C12H12BrClN4. The van der Waals surface area contributed by atoms with E-state index in [1.807, 2.05) is 14.0 Å². The van der Waals surface area contributed by atoms with Gasteiger partial charge in [-0.05, 0) is 34.5 Å². The largest absolute Gasteiger partial charge is 0.372 e. The third kappa shape index (κ3) is 2.47. The summed E-state index contributed by atoms with van der Waals surface area (Å²) in [4.78, 5) is 13.1. The van der Waals surface area contributed by atoms with E-state index in [1.165, 1.54) is 0 Å². The Morgan fingerprint density at radius 2 is 2.17 bits per heavy atom. The highest BCUT2D eigenvalue weighted by molar-refractivity contribution is 9.10. The summed E-state index contributed by atoms with van der Waals surface area (Å²) in [5.74, 6) is 1.27. The zero-order valence-electron chi connectivity index (χ0n) is 10.0. The number of nitrogens with zero attached hydrogens (tertiary/aromatic N) is 3. The van der Waals surface area contributed by atoms with Gasteiger partial charge in [-0.3, -0.25) is 4.98 Å². The lowest BCUT2D eigenvalue weighted by molar-refractivity contribution is 0.985. The standard InChI is InChI=1S/C12H12BrClN4/c1-3-8-9(13)11(15-2)18-12(17-8)10-7(14)5-4-6-16-10/h4-6H,3H2,1-2H3,(H,15,17,18). The maximum Gasteiger partial charge on any atom is 0.182 e. The van der Waals surface area contributed by atoms with Crippen LogP contribution in [0.1, 0.15) is 12.6 Å². The number of aryl methyl sites for hydroxylation is 1. The molecule has 0 fully saturated rings. The predicted molar refractivity (Wildman–Crippen MR) is 76.9 cm³/mol. The fourth-order valence-electron chi connectivity index (χ4n) is 1.55. The van der Waals surface area contributed by atoms with Crippen LogP contribution < -0.4 is 5.32 Å². The van der Waals surface area contributed by atoms with Gasteiger partial charge in [-0.15, -0.1) is 0 Å². The minimum absolute atomic E-state index is 0.532. The number of anilines is 1. The maximum atomic E-state index is 6.11. The fraction of sp³-hybridized carbons (Fsp3) is 0.250. The number of halogens is 2. The van der Waals surface area contributed by atoms with E-state index in [2.05, 4.69) is 36.2 Å². The van der Waals surface area contributed by atoms with E-state index in [0.717, 1.165) is 22.4 Å². The average molecular weight is 328 g/mol. The summed E-state index contributed by atoms with van der Waals surface area (Å²) in [6.07, 6.45) is 2.48. The van der Waals surface area contributed by atoms with E-state index in [-0.39, 0.29) is 0 Å². The molecule has 0 unspecified atom stereocenters. The van der Waals surface area contributed by atoms with E-state index in [4.69, 9.17) is 11.6 Å². The van der Waals surface area contributed by atoms with Crippen molar-refractivity contribution in [3.63, 3.8) is 0 Å². The normalized spacial score (nSPS) is 10.4. The zero-order chi connectivity index (χ0) is 13.1. The van der Waals surface area contributed by atoms with Gasteiger partial charge in [-0.1, -0.05) is 18.5 Å².